The lowest BCUT2D eigenvalue weighted by Crippen LogP contribution is -2.50. The number of hydrogen-bond acceptors (Lipinski definition) is 4. The van der Waals surface area contributed by atoms with Gasteiger partial charge in [-0.05, 0) is 69.0 Å². The number of halogens is 3. The van der Waals surface area contributed by atoms with Crippen LogP contribution in [0.1, 0.15) is 51.2 Å². The second-order valence-corrected chi connectivity index (χ2v) is 12.3. The molecule has 1 N–H and O–H groups in total. The van der Waals surface area contributed by atoms with Crippen molar-refractivity contribution in [3.63, 3.8) is 0 Å². The lowest BCUT2D eigenvalue weighted by Gasteiger charge is -2.32. The number of carbonyl (C=O) groups is 2. The number of carbonyl (C=O) groups excluding carboxylic acids is 2. The molecule has 0 fully saturated rings. The zero-order chi connectivity index (χ0) is 27.9. The summed E-state index contributed by atoms with van der Waals surface area (Å²) < 4.78 is 26.4. The Labute approximate surface area is 235 Å². The van der Waals surface area contributed by atoms with Gasteiger partial charge in [-0.3, -0.25) is 13.9 Å². The molecule has 0 aliphatic carbocycles. The molecule has 0 aromatic heterocycles. The molecule has 11 heteroatoms. The number of nitrogens with zero attached hydrogens (tertiary/aromatic N) is 2. The number of hydrogen-bond donors (Lipinski definition) is 1. The van der Waals surface area contributed by atoms with Crippen molar-refractivity contribution >= 4 is 62.3 Å². The summed E-state index contributed by atoms with van der Waals surface area (Å²) in [6, 6.07) is 9.35. The highest BCUT2D eigenvalue weighted by molar-refractivity contribution is 7.92. The van der Waals surface area contributed by atoms with Crippen molar-refractivity contribution in [2.75, 3.05) is 17.1 Å². The highest BCUT2D eigenvalue weighted by Gasteiger charge is 2.29. The van der Waals surface area contributed by atoms with Gasteiger partial charge in [0.1, 0.15) is 6.04 Å². The van der Waals surface area contributed by atoms with E-state index in [2.05, 4.69) is 5.32 Å². The van der Waals surface area contributed by atoms with E-state index < -0.39 is 16.1 Å². The Morgan fingerprint density at radius 3 is 2.27 bits per heavy atom. The quantitative estimate of drug-likeness (QED) is 0.337. The molecule has 0 radical (unpaired) electrons. The van der Waals surface area contributed by atoms with Crippen LogP contribution in [-0.4, -0.2) is 50.0 Å². The Hall–Kier alpha value is -2.00. The summed E-state index contributed by atoms with van der Waals surface area (Å²) in [4.78, 5) is 28.0. The van der Waals surface area contributed by atoms with E-state index in [4.69, 9.17) is 34.8 Å². The van der Waals surface area contributed by atoms with Gasteiger partial charge in [-0.2, -0.15) is 0 Å². The van der Waals surface area contributed by atoms with Gasteiger partial charge in [0.05, 0.1) is 22.0 Å². The molecule has 0 saturated carbocycles. The Morgan fingerprint density at radius 1 is 1.03 bits per heavy atom. The minimum atomic E-state index is -3.62. The molecule has 0 bridgehead atoms. The number of benzene rings is 2. The van der Waals surface area contributed by atoms with Gasteiger partial charge < -0.3 is 10.2 Å². The van der Waals surface area contributed by atoms with Crippen LogP contribution in [0.2, 0.25) is 15.1 Å². The molecule has 2 rings (SSSR count). The highest BCUT2D eigenvalue weighted by Crippen LogP contribution is 2.29. The fraction of sp³-hybridized carbons (Fsp3) is 0.462. The summed E-state index contributed by atoms with van der Waals surface area (Å²) in [7, 11) is -3.62. The maximum absolute atomic E-state index is 13.5. The van der Waals surface area contributed by atoms with Crippen LogP contribution in [0.3, 0.4) is 0 Å². The predicted octanol–water partition coefficient (Wildman–Crippen LogP) is 5.83. The Kier molecular flexibility index (Phi) is 11.6. The van der Waals surface area contributed by atoms with Crippen molar-refractivity contribution in [2.45, 2.75) is 65.6 Å². The summed E-state index contributed by atoms with van der Waals surface area (Å²) in [5.41, 5.74) is 1.84. The number of rotatable bonds is 12. The smallest absolute Gasteiger partial charge is 0.243 e. The van der Waals surface area contributed by atoms with E-state index in [1.807, 2.05) is 20.8 Å². The molecule has 2 aromatic carbocycles. The van der Waals surface area contributed by atoms with E-state index in [-0.39, 0.29) is 43.8 Å². The first kappa shape index (κ1) is 31.2. The summed E-state index contributed by atoms with van der Waals surface area (Å²) in [5.74, 6) is -0.522. The number of nitrogens with one attached hydrogen (secondary N) is 1. The topological polar surface area (TPSA) is 86.8 Å². The van der Waals surface area contributed by atoms with Gasteiger partial charge in [-0.15, -0.1) is 0 Å². The molecule has 0 heterocycles. The van der Waals surface area contributed by atoms with E-state index >= 15 is 0 Å². The van der Waals surface area contributed by atoms with E-state index in [9.17, 15) is 18.0 Å². The summed E-state index contributed by atoms with van der Waals surface area (Å²) >= 11 is 18.4. The second kappa shape index (κ2) is 13.7. The zero-order valence-electron chi connectivity index (χ0n) is 21.7. The lowest BCUT2D eigenvalue weighted by molar-refractivity contribution is -0.141. The average molecular weight is 591 g/mol. The van der Waals surface area contributed by atoms with E-state index in [1.165, 1.54) is 9.21 Å². The van der Waals surface area contributed by atoms with Crippen LogP contribution in [0.5, 0.6) is 0 Å². The van der Waals surface area contributed by atoms with Crippen LogP contribution >= 0.6 is 34.8 Å². The van der Waals surface area contributed by atoms with Crippen LogP contribution in [0, 0.1) is 6.92 Å². The van der Waals surface area contributed by atoms with Crippen molar-refractivity contribution < 1.29 is 18.0 Å². The molecule has 0 saturated heterocycles. The van der Waals surface area contributed by atoms with E-state index in [1.54, 1.807) is 43.3 Å². The molecular weight excluding hydrogens is 557 g/mol. The Balaban J connectivity index is 2.28. The molecule has 2 aromatic rings. The van der Waals surface area contributed by atoms with Crippen molar-refractivity contribution in [1.82, 2.24) is 10.2 Å². The molecule has 0 aliphatic rings. The predicted molar refractivity (Wildman–Crippen MR) is 152 cm³/mol. The fourth-order valence-corrected chi connectivity index (χ4v) is 5.49. The molecular formula is C26H34Cl3N3O4S. The molecule has 2 amide bonds. The summed E-state index contributed by atoms with van der Waals surface area (Å²) in [6.45, 7) is 7.54. The van der Waals surface area contributed by atoms with Crippen LogP contribution in [-0.2, 0) is 26.2 Å². The van der Waals surface area contributed by atoms with Crippen molar-refractivity contribution in [1.29, 1.82) is 0 Å². The summed E-state index contributed by atoms with van der Waals surface area (Å²) in [6.07, 6.45) is 1.81. The molecule has 7 nitrogen and oxygen atoms in total. The van der Waals surface area contributed by atoms with E-state index in [0.717, 1.165) is 11.8 Å². The van der Waals surface area contributed by atoms with Crippen LogP contribution in [0.4, 0.5) is 5.69 Å². The highest BCUT2D eigenvalue weighted by atomic mass is 35.5. The molecule has 37 heavy (non-hydrogen) atoms. The Morgan fingerprint density at radius 2 is 1.70 bits per heavy atom. The second-order valence-electron chi connectivity index (χ2n) is 9.18. The average Bonchev–Trinajstić information content (AvgIpc) is 2.79. The standard InChI is InChI=1S/C26H34Cl3N3O4S/c1-6-23(26(34)30-17(2)3)31(16-19-12-13-21(28)22(29)15-19)25(33)11-8-14-32(37(5,35)36)24-10-7-9-20(27)18(24)4/h7,9-10,12-13,15,17,23H,6,8,11,14,16H2,1-5H3,(H,30,34)/t23-/m0/s1. The van der Waals surface area contributed by atoms with Crippen LogP contribution in [0.25, 0.3) is 0 Å². The monoisotopic (exact) mass is 589 g/mol. The van der Waals surface area contributed by atoms with Crippen molar-refractivity contribution in [3.8, 4) is 0 Å². The first-order valence-corrected chi connectivity index (χ1v) is 15.0. The van der Waals surface area contributed by atoms with Crippen LogP contribution in [0.15, 0.2) is 36.4 Å². The van der Waals surface area contributed by atoms with Gasteiger partial charge >= 0.3 is 0 Å². The SMILES string of the molecule is CC[C@@H](C(=O)NC(C)C)N(Cc1ccc(Cl)c(Cl)c1)C(=O)CCCN(c1cccc(Cl)c1C)S(C)(=O)=O. The zero-order valence-corrected chi connectivity index (χ0v) is 24.8. The lowest BCUT2D eigenvalue weighted by atomic mass is 10.1. The van der Waals surface area contributed by atoms with Crippen molar-refractivity contribution in [3.05, 3.63) is 62.6 Å². The third-order valence-corrected chi connectivity index (χ3v) is 8.14. The van der Waals surface area contributed by atoms with Gasteiger partial charge in [0.15, 0.2) is 0 Å². The largest absolute Gasteiger partial charge is 0.352 e. The van der Waals surface area contributed by atoms with Crippen molar-refractivity contribution in [2.24, 2.45) is 0 Å². The first-order chi connectivity index (χ1) is 17.3. The number of anilines is 1. The molecule has 204 valence electrons. The third kappa shape index (κ3) is 8.77. The maximum atomic E-state index is 13.5. The molecule has 0 aliphatic heterocycles. The fourth-order valence-electron chi connectivity index (χ4n) is 3.98. The third-order valence-electron chi connectivity index (χ3n) is 5.81. The number of sulfonamides is 1. The molecule has 0 unspecified atom stereocenters. The summed E-state index contributed by atoms with van der Waals surface area (Å²) in [5, 5.41) is 4.09. The van der Waals surface area contributed by atoms with Gasteiger partial charge in [0.25, 0.3) is 0 Å². The van der Waals surface area contributed by atoms with Crippen LogP contribution < -0.4 is 9.62 Å². The minimum Gasteiger partial charge on any atom is -0.352 e. The number of amides is 2. The minimum absolute atomic E-state index is 0.0401. The van der Waals surface area contributed by atoms with Gasteiger partial charge in [-0.1, -0.05) is 53.9 Å². The molecule has 0 spiro atoms. The van der Waals surface area contributed by atoms with Gasteiger partial charge in [-0.25, -0.2) is 8.42 Å². The van der Waals surface area contributed by atoms with Gasteiger partial charge in [0, 0.05) is 30.6 Å². The maximum Gasteiger partial charge on any atom is 0.243 e. The molecule has 1 atom stereocenters. The van der Waals surface area contributed by atoms with E-state index in [0.29, 0.717) is 32.7 Å². The Bertz CT molecular complexity index is 1220. The first-order valence-electron chi connectivity index (χ1n) is 12.0. The normalized spacial score (nSPS) is 12.4. The van der Waals surface area contributed by atoms with Gasteiger partial charge in [0.2, 0.25) is 21.8 Å².